The number of esters is 1. The van der Waals surface area contributed by atoms with Gasteiger partial charge < -0.3 is 14.2 Å². The zero-order chi connectivity index (χ0) is 22.4. The van der Waals surface area contributed by atoms with E-state index >= 15 is 0 Å². The van der Waals surface area contributed by atoms with Crippen molar-refractivity contribution in [3.05, 3.63) is 63.8 Å². The van der Waals surface area contributed by atoms with Crippen molar-refractivity contribution in [1.29, 1.82) is 0 Å². The van der Waals surface area contributed by atoms with Gasteiger partial charge in [-0.1, -0.05) is 50.9 Å². The molecule has 31 heavy (non-hydrogen) atoms. The Labute approximate surface area is 188 Å². The van der Waals surface area contributed by atoms with Gasteiger partial charge in [-0.05, 0) is 60.7 Å². The van der Waals surface area contributed by atoms with Crippen LogP contribution in [0.2, 0.25) is 5.02 Å². The molecule has 2 aromatic carbocycles. The first-order chi connectivity index (χ1) is 14.9. The molecule has 1 aliphatic rings. The molecule has 0 amide bonds. The number of carbonyl (C=O) groups is 1. The first-order valence-electron chi connectivity index (χ1n) is 10.6. The Morgan fingerprint density at radius 3 is 2.52 bits per heavy atom. The summed E-state index contributed by atoms with van der Waals surface area (Å²) < 4.78 is 16.9. The largest absolute Gasteiger partial charge is 0.490 e. The van der Waals surface area contributed by atoms with Crippen molar-refractivity contribution in [2.75, 3.05) is 13.2 Å². The highest BCUT2D eigenvalue weighted by molar-refractivity contribution is 6.32. The summed E-state index contributed by atoms with van der Waals surface area (Å²) >= 11 is 6.45. The highest BCUT2D eigenvalue weighted by atomic mass is 35.5. The van der Waals surface area contributed by atoms with Gasteiger partial charge in [-0.3, -0.25) is 0 Å². The van der Waals surface area contributed by atoms with Gasteiger partial charge in [0.05, 0.1) is 18.2 Å². The lowest BCUT2D eigenvalue weighted by molar-refractivity contribution is -0.129. The predicted octanol–water partition coefficient (Wildman–Crippen LogP) is 6.39. The van der Waals surface area contributed by atoms with Gasteiger partial charge >= 0.3 is 5.97 Å². The van der Waals surface area contributed by atoms with Gasteiger partial charge in [0.2, 0.25) is 5.90 Å². The molecule has 3 rings (SSSR count). The fourth-order valence-electron chi connectivity index (χ4n) is 3.09. The van der Waals surface area contributed by atoms with E-state index in [1.807, 2.05) is 31.2 Å². The number of carbonyl (C=O) groups excluding carboxylic acids is 1. The third kappa shape index (κ3) is 5.67. The molecule has 0 N–H and O–H groups in total. The maximum absolute atomic E-state index is 12.4. The number of hydrogen-bond donors (Lipinski definition) is 0. The lowest BCUT2D eigenvalue weighted by atomic mass is 10.0. The number of halogens is 1. The molecule has 0 saturated heterocycles. The van der Waals surface area contributed by atoms with Gasteiger partial charge in [0.15, 0.2) is 17.2 Å². The first kappa shape index (κ1) is 22.9. The van der Waals surface area contributed by atoms with E-state index in [2.05, 4.69) is 25.8 Å². The van der Waals surface area contributed by atoms with Crippen LogP contribution in [0.25, 0.3) is 6.08 Å². The Morgan fingerprint density at radius 2 is 1.87 bits per heavy atom. The fourth-order valence-corrected chi connectivity index (χ4v) is 3.37. The molecule has 0 bridgehead atoms. The second-order valence-electron chi connectivity index (χ2n) is 7.58. The summed E-state index contributed by atoms with van der Waals surface area (Å²) in [4.78, 5) is 16.8. The normalized spacial score (nSPS) is 14.7. The number of nitrogens with zero attached hydrogens (tertiary/aromatic N) is 1. The standard InChI is InChI=1S/C25H28ClNO4/c1-5-7-12-30-23-20(26)13-17(15-22(23)29-6-2)14-21-25(28)31-24(27-21)19-10-8-18(9-11-19)16(3)4/h8-11,13-16H,5-7,12H2,1-4H3/b21-14-. The Kier molecular flexibility index (Phi) is 7.75. The first-order valence-corrected chi connectivity index (χ1v) is 11.0. The molecular weight excluding hydrogens is 414 g/mol. The van der Waals surface area contributed by atoms with Crippen LogP contribution in [0.15, 0.2) is 47.1 Å². The third-order valence-corrected chi connectivity index (χ3v) is 5.10. The van der Waals surface area contributed by atoms with Crippen molar-refractivity contribution in [1.82, 2.24) is 0 Å². The number of cyclic esters (lactones) is 1. The molecule has 1 aliphatic heterocycles. The van der Waals surface area contributed by atoms with E-state index in [4.69, 9.17) is 25.8 Å². The number of ether oxygens (including phenoxy) is 3. The van der Waals surface area contributed by atoms with Gasteiger partial charge in [0.1, 0.15) is 0 Å². The molecule has 0 fully saturated rings. The Hall–Kier alpha value is -2.79. The molecule has 0 atom stereocenters. The van der Waals surface area contributed by atoms with Crippen LogP contribution in [0.4, 0.5) is 0 Å². The SMILES string of the molecule is CCCCOc1c(Cl)cc(/C=C2\N=C(c3ccc(C(C)C)cc3)OC2=O)cc1OCC. The average Bonchev–Trinajstić information content (AvgIpc) is 3.10. The van der Waals surface area contributed by atoms with E-state index in [9.17, 15) is 4.79 Å². The minimum Gasteiger partial charge on any atom is -0.490 e. The summed E-state index contributed by atoms with van der Waals surface area (Å²) in [7, 11) is 0. The fraction of sp³-hybridized carbons (Fsp3) is 0.360. The van der Waals surface area contributed by atoms with E-state index in [1.165, 1.54) is 5.56 Å². The van der Waals surface area contributed by atoms with Gasteiger partial charge in [-0.2, -0.15) is 0 Å². The molecule has 0 radical (unpaired) electrons. The monoisotopic (exact) mass is 441 g/mol. The minimum atomic E-state index is -0.500. The van der Waals surface area contributed by atoms with E-state index in [0.29, 0.717) is 47.1 Å². The van der Waals surface area contributed by atoms with Crippen LogP contribution < -0.4 is 9.47 Å². The molecule has 0 unspecified atom stereocenters. The molecule has 164 valence electrons. The Morgan fingerprint density at radius 1 is 1.13 bits per heavy atom. The number of hydrogen-bond acceptors (Lipinski definition) is 5. The summed E-state index contributed by atoms with van der Waals surface area (Å²) in [6.07, 6.45) is 3.59. The maximum atomic E-state index is 12.4. The van der Waals surface area contributed by atoms with Crippen molar-refractivity contribution >= 4 is 29.5 Å². The van der Waals surface area contributed by atoms with E-state index in [-0.39, 0.29) is 5.70 Å². The Bertz CT molecular complexity index is 993. The zero-order valence-electron chi connectivity index (χ0n) is 18.4. The number of aliphatic imine (C=N–C) groups is 1. The molecule has 2 aromatic rings. The summed E-state index contributed by atoms with van der Waals surface area (Å²) in [5.74, 6) is 1.28. The van der Waals surface area contributed by atoms with Crippen molar-refractivity contribution in [2.24, 2.45) is 4.99 Å². The smallest absolute Gasteiger partial charge is 0.363 e. The lowest BCUT2D eigenvalue weighted by Gasteiger charge is -2.14. The molecule has 0 spiro atoms. The van der Waals surface area contributed by atoms with Crippen LogP contribution in [-0.4, -0.2) is 25.1 Å². The van der Waals surface area contributed by atoms with E-state index < -0.39 is 5.97 Å². The molecule has 6 heteroatoms. The summed E-state index contributed by atoms with van der Waals surface area (Å²) in [6, 6.07) is 11.4. The Balaban J connectivity index is 1.88. The second-order valence-corrected chi connectivity index (χ2v) is 7.98. The van der Waals surface area contributed by atoms with Crippen LogP contribution in [0.1, 0.15) is 63.1 Å². The number of rotatable bonds is 9. The molecule has 0 saturated carbocycles. The summed E-state index contributed by atoms with van der Waals surface area (Å²) in [5, 5.41) is 0.425. The van der Waals surface area contributed by atoms with Crippen LogP contribution in [-0.2, 0) is 9.53 Å². The van der Waals surface area contributed by atoms with Crippen molar-refractivity contribution in [2.45, 2.75) is 46.5 Å². The highest BCUT2D eigenvalue weighted by Gasteiger charge is 2.24. The van der Waals surface area contributed by atoms with Gasteiger partial charge in [0.25, 0.3) is 0 Å². The lowest BCUT2D eigenvalue weighted by Crippen LogP contribution is -2.05. The van der Waals surface area contributed by atoms with Gasteiger partial charge in [-0.25, -0.2) is 9.79 Å². The molecule has 0 aliphatic carbocycles. The highest BCUT2D eigenvalue weighted by Crippen LogP contribution is 2.37. The van der Waals surface area contributed by atoms with Gasteiger partial charge in [-0.15, -0.1) is 0 Å². The molecule has 0 aromatic heterocycles. The van der Waals surface area contributed by atoms with Crippen molar-refractivity contribution in [3.8, 4) is 11.5 Å². The third-order valence-electron chi connectivity index (χ3n) is 4.82. The number of unbranched alkanes of at least 4 members (excludes halogenated alkanes) is 1. The van der Waals surface area contributed by atoms with Crippen LogP contribution in [0.5, 0.6) is 11.5 Å². The van der Waals surface area contributed by atoms with Crippen molar-refractivity contribution < 1.29 is 19.0 Å². The van der Waals surface area contributed by atoms with Crippen molar-refractivity contribution in [3.63, 3.8) is 0 Å². The quantitative estimate of drug-likeness (QED) is 0.257. The van der Waals surface area contributed by atoms with Crippen LogP contribution in [0, 0.1) is 0 Å². The molecule has 1 heterocycles. The van der Waals surface area contributed by atoms with Gasteiger partial charge in [0, 0.05) is 5.56 Å². The predicted molar refractivity (Wildman–Crippen MR) is 124 cm³/mol. The minimum absolute atomic E-state index is 0.209. The zero-order valence-corrected chi connectivity index (χ0v) is 19.2. The average molecular weight is 442 g/mol. The summed E-state index contributed by atoms with van der Waals surface area (Å²) in [5.41, 5.74) is 2.86. The topological polar surface area (TPSA) is 57.1 Å². The van der Waals surface area contributed by atoms with E-state index in [1.54, 1.807) is 18.2 Å². The maximum Gasteiger partial charge on any atom is 0.363 e. The van der Waals surface area contributed by atoms with E-state index in [0.717, 1.165) is 18.4 Å². The number of benzene rings is 2. The van der Waals surface area contributed by atoms with Crippen LogP contribution in [0.3, 0.4) is 0 Å². The van der Waals surface area contributed by atoms with Crippen LogP contribution >= 0.6 is 11.6 Å². The molecule has 5 nitrogen and oxygen atoms in total. The summed E-state index contributed by atoms with van der Waals surface area (Å²) in [6.45, 7) is 9.28. The second kappa shape index (κ2) is 10.5. The molecular formula is C25H28ClNO4.